The summed E-state index contributed by atoms with van der Waals surface area (Å²) in [4.78, 5) is 20.2. The van der Waals surface area contributed by atoms with E-state index in [1.54, 1.807) is 0 Å². The Kier molecular flexibility index (Phi) is 9.02. The van der Waals surface area contributed by atoms with Crippen LogP contribution in [-0.2, 0) is 10.0 Å². The molecule has 0 aliphatic carbocycles. The van der Waals surface area contributed by atoms with Crippen molar-refractivity contribution in [1.82, 2.24) is 9.97 Å². The predicted molar refractivity (Wildman–Crippen MR) is 153 cm³/mol. The number of carboxylic acid groups (broad SMARTS) is 1. The molecule has 0 fully saturated rings. The van der Waals surface area contributed by atoms with Crippen molar-refractivity contribution < 1.29 is 23.1 Å². The number of hydrogen-bond acceptors (Lipinski definition) is 7. The summed E-state index contributed by atoms with van der Waals surface area (Å²) in [5.41, 5.74) is 10.3. The average molecular weight is 555 g/mol. The van der Waals surface area contributed by atoms with Crippen LogP contribution in [0.3, 0.4) is 0 Å². The molecule has 4 N–H and O–H groups in total. The molecule has 0 aliphatic heterocycles. The predicted octanol–water partition coefficient (Wildman–Crippen LogP) is 5.53. The van der Waals surface area contributed by atoms with Gasteiger partial charge in [0.2, 0.25) is 11.8 Å². The van der Waals surface area contributed by atoms with E-state index >= 15 is 0 Å². The van der Waals surface area contributed by atoms with Gasteiger partial charge in [0.25, 0.3) is 10.0 Å². The van der Waals surface area contributed by atoms with Crippen molar-refractivity contribution >= 4 is 21.9 Å². The number of anilines is 1. The molecule has 0 radical (unpaired) electrons. The smallest absolute Gasteiger partial charge is 0.335 e. The Morgan fingerprint density at radius 1 is 1.10 bits per heavy atom. The van der Waals surface area contributed by atoms with Gasteiger partial charge in [-0.1, -0.05) is 58.9 Å². The van der Waals surface area contributed by atoms with Crippen LogP contribution < -0.4 is 15.2 Å². The average Bonchev–Trinajstić information content (AvgIpc) is 2.83. The van der Waals surface area contributed by atoms with Gasteiger partial charge < -0.3 is 15.6 Å². The largest absolute Gasteiger partial charge is 0.478 e. The fourth-order valence-electron chi connectivity index (χ4n) is 4.43. The van der Waals surface area contributed by atoms with E-state index in [0.717, 1.165) is 29.2 Å². The molecule has 9 nitrogen and oxygen atoms in total. The number of nitrogens with two attached hydrogens (primary N) is 1. The lowest BCUT2D eigenvalue weighted by Crippen LogP contribution is -2.32. The first-order valence-corrected chi connectivity index (χ1v) is 14.3. The zero-order chi connectivity index (χ0) is 29.1. The van der Waals surface area contributed by atoms with Crippen molar-refractivity contribution in [2.45, 2.75) is 71.7 Å². The highest BCUT2D eigenvalue weighted by atomic mass is 32.2. The van der Waals surface area contributed by atoms with Crippen molar-refractivity contribution in [2.24, 2.45) is 11.1 Å². The molecule has 3 rings (SSSR count). The van der Waals surface area contributed by atoms with E-state index in [0.29, 0.717) is 11.3 Å². The van der Waals surface area contributed by atoms with Gasteiger partial charge in [-0.3, -0.25) is 0 Å². The molecular formula is C29H38N4O5S. The lowest BCUT2D eigenvalue weighted by atomic mass is 9.89. The van der Waals surface area contributed by atoms with Gasteiger partial charge in [0.1, 0.15) is 6.61 Å². The van der Waals surface area contributed by atoms with E-state index in [1.807, 2.05) is 32.0 Å². The van der Waals surface area contributed by atoms with E-state index in [2.05, 4.69) is 49.3 Å². The van der Waals surface area contributed by atoms with Gasteiger partial charge >= 0.3 is 5.97 Å². The molecule has 210 valence electrons. The summed E-state index contributed by atoms with van der Waals surface area (Å²) in [6.07, 6.45) is 0.721. The lowest BCUT2D eigenvalue weighted by Gasteiger charge is -2.24. The number of aromatic nitrogens is 2. The number of nitrogens with zero attached hydrogens (tertiary/aromatic N) is 2. The van der Waals surface area contributed by atoms with E-state index in [4.69, 9.17) is 10.5 Å². The van der Waals surface area contributed by atoms with Crippen LogP contribution in [0.2, 0.25) is 0 Å². The fourth-order valence-corrected chi connectivity index (χ4v) is 5.42. The van der Waals surface area contributed by atoms with Crippen LogP contribution in [0.4, 0.5) is 5.95 Å². The quantitative estimate of drug-likeness (QED) is 0.297. The second-order valence-electron chi connectivity index (χ2n) is 11.3. The molecular weight excluding hydrogens is 516 g/mol. The molecule has 1 atom stereocenters. The zero-order valence-corrected chi connectivity index (χ0v) is 24.4. The number of carbonyl (C=O) groups is 1. The van der Waals surface area contributed by atoms with Gasteiger partial charge in [0, 0.05) is 17.2 Å². The summed E-state index contributed by atoms with van der Waals surface area (Å²) in [6.45, 7) is 14.4. The summed E-state index contributed by atoms with van der Waals surface area (Å²) in [5.74, 6) is -1.02. The maximum atomic E-state index is 13.2. The van der Waals surface area contributed by atoms with Gasteiger partial charge in [0.05, 0.1) is 16.2 Å². The molecule has 39 heavy (non-hydrogen) atoms. The van der Waals surface area contributed by atoms with Crippen LogP contribution in [0.1, 0.15) is 74.0 Å². The van der Waals surface area contributed by atoms with Gasteiger partial charge in [-0.05, 0) is 60.9 Å². The minimum atomic E-state index is -4.21. The Bertz CT molecular complexity index is 1460. The minimum Gasteiger partial charge on any atom is -0.478 e. The van der Waals surface area contributed by atoms with E-state index in [9.17, 15) is 18.3 Å². The van der Waals surface area contributed by atoms with Gasteiger partial charge in [0.15, 0.2) is 0 Å². The number of aryl methyl sites for hydroxylation is 1. The zero-order valence-electron chi connectivity index (χ0n) is 23.6. The fraction of sp³-hybridized carbons (Fsp3) is 0.414. The highest BCUT2D eigenvalue weighted by Gasteiger charge is 2.24. The molecule has 10 heteroatoms. The van der Waals surface area contributed by atoms with Crippen molar-refractivity contribution in [1.29, 1.82) is 0 Å². The Hall–Kier alpha value is -3.50. The summed E-state index contributed by atoms with van der Waals surface area (Å²) in [6, 6.07) is 10.8. The first-order chi connectivity index (χ1) is 18.1. The van der Waals surface area contributed by atoms with Crippen LogP contribution in [0, 0.1) is 19.3 Å². The number of benzene rings is 2. The van der Waals surface area contributed by atoms with Gasteiger partial charge in [-0.2, -0.15) is 4.98 Å². The number of nitrogens with one attached hydrogen (secondary N) is 1. The second kappa shape index (κ2) is 11.7. The van der Waals surface area contributed by atoms with Crippen LogP contribution >= 0.6 is 0 Å². The standard InChI is InChI=1S/C29H38N4O5S/c1-17(2)23-13-8-10-18(3)24(23)25-19(4)26(38-16-21(30)15-29(5,6)7)32-28(31-25)33-39(36,37)22-12-9-11-20(14-22)27(34)35/h8-14,17,21H,15-16,30H2,1-7H3,(H,34,35)(H,31,32,33)/t21-/m1/s1. The highest BCUT2D eigenvalue weighted by molar-refractivity contribution is 7.92. The molecule has 0 aliphatic rings. The molecule has 1 heterocycles. The molecule has 0 saturated carbocycles. The number of carboxylic acids is 1. The van der Waals surface area contributed by atoms with Crippen molar-refractivity contribution in [3.8, 4) is 17.1 Å². The lowest BCUT2D eigenvalue weighted by molar-refractivity contribution is 0.0696. The molecule has 0 spiro atoms. The third-order valence-electron chi connectivity index (χ3n) is 6.19. The van der Waals surface area contributed by atoms with E-state index in [-0.39, 0.29) is 46.3 Å². The Labute approximate surface area is 230 Å². The van der Waals surface area contributed by atoms with Crippen LogP contribution in [0.25, 0.3) is 11.3 Å². The Morgan fingerprint density at radius 2 is 1.77 bits per heavy atom. The van der Waals surface area contributed by atoms with E-state index in [1.165, 1.54) is 18.2 Å². The monoisotopic (exact) mass is 554 g/mol. The molecule has 0 unspecified atom stereocenters. The Morgan fingerprint density at radius 3 is 2.38 bits per heavy atom. The van der Waals surface area contributed by atoms with E-state index < -0.39 is 16.0 Å². The third kappa shape index (κ3) is 7.54. The number of ether oxygens (including phenoxy) is 1. The summed E-state index contributed by atoms with van der Waals surface area (Å²) >= 11 is 0. The summed E-state index contributed by atoms with van der Waals surface area (Å²) < 4.78 is 35.0. The highest BCUT2D eigenvalue weighted by Crippen LogP contribution is 2.36. The van der Waals surface area contributed by atoms with Crippen molar-refractivity contribution in [3.05, 3.63) is 64.7 Å². The number of sulfonamides is 1. The molecule has 0 amide bonds. The second-order valence-corrected chi connectivity index (χ2v) is 13.0. The van der Waals surface area contributed by atoms with Crippen molar-refractivity contribution in [3.63, 3.8) is 0 Å². The van der Waals surface area contributed by atoms with Gasteiger partial charge in [-0.15, -0.1) is 0 Å². The number of rotatable bonds is 10. The Balaban J connectivity index is 2.12. The number of hydrogen-bond donors (Lipinski definition) is 3. The molecule has 3 aromatic rings. The molecule has 2 aromatic carbocycles. The summed E-state index contributed by atoms with van der Waals surface area (Å²) in [5, 5.41) is 9.30. The molecule has 1 aromatic heterocycles. The summed E-state index contributed by atoms with van der Waals surface area (Å²) in [7, 11) is -4.21. The van der Waals surface area contributed by atoms with Crippen LogP contribution in [-0.4, -0.2) is 42.1 Å². The topological polar surface area (TPSA) is 144 Å². The van der Waals surface area contributed by atoms with Crippen LogP contribution in [0.15, 0.2) is 47.4 Å². The maximum Gasteiger partial charge on any atom is 0.335 e. The molecule has 0 bridgehead atoms. The third-order valence-corrected chi connectivity index (χ3v) is 7.52. The minimum absolute atomic E-state index is 0.00720. The normalized spacial score (nSPS) is 12.8. The van der Waals surface area contributed by atoms with Crippen molar-refractivity contribution in [2.75, 3.05) is 11.3 Å². The first kappa shape index (κ1) is 30.0. The maximum absolute atomic E-state index is 13.2. The first-order valence-electron chi connectivity index (χ1n) is 12.8. The molecule has 0 saturated heterocycles. The SMILES string of the molecule is Cc1cccc(C(C)C)c1-c1nc(NS(=O)(=O)c2cccc(C(=O)O)c2)nc(OC[C@H](N)CC(C)(C)C)c1C. The van der Waals surface area contributed by atoms with Crippen LogP contribution in [0.5, 0.6) is 5.88 Å². The number of aromatic carboxylic acids is 1. The van der Waals surface area contributed by atoms with Gasteiger partial charge in [-0.25, -0.2) is 22.9 Å².